The summed E-state index contributed by atoms with van der Waals surface area (Å²) in [4.78, 5) is 63.3. The van der Waals surface area contributed by atoms with Crippen LogP contribution in [0, 0.1) is 11.8 Å². The molecular formula is C31H34BCl2NO11. The number of Topliss-reactive ketones (excluding diaryl/α,β-unsaturated/α-hetero) is 1. The third kappa shape index (κ3) is 8.92. The number of hydrogen-bond donors (Lipinski definition) is 3. The number of fused-ring (bicyclic) bond motifs is 1. The van der Waals surface area contributed by atoms with Crippen molar-refractivity contribution in [1.82, 2.24) is 5.32 Å². The largest absolute Gasteiger partial charge is 0.552 e. The van der Waals surface area contributed by atoms with Crippen LogP contribution in [0.1, 0.15) is 61.9 Å². The number of nitrogens with one attached hydrogen (secondary N) is 1. The number of ether oxygens (including phenoxy) is 2. The van der Waals surface area contributed by atoms with Crippen LogP contribution in [0.25, 0.3) is 0 Å². The van der Waals surface area contributed by atoms with Gasteiger partial charge in [-0.05, 0) is 61.1 Å². The van der Waals surface area contributed by atoms with Gasteiger partial charge in [0, 0.05) is 22.9 Å². The highest BCUT2D eigenvalue weighted by atomic mass is 35.5. The molecule has 0 radical (unpaired) electrons. The van der Waals surface area contributed by atoms with Crippen molar-refractivity contribution in [2.24, 2.45) is 11.8 Å². The molecule has 1 amide bonds. The third-order valence-corrected chi connectivity index (χ3v) is 8.20. The second kappa shape index (κ2) is 15.2. The highest BCUT2D eigenvalue weighted by Gasteiger charge is 2.55. The van der Waals surface area contributed by atoms with Gasteiger partial charge in [-0.2, -0.15) is 0 Å². The van der Waals surface area contributed by atoms with E-state index >= 15 is 0 Å². The minimum absolute atomic E-state index is 0.0623. The van der Waals surface area contributed by atoms with Gasteiger partial charge in [0.15, 0.2) is 22.9 Å². The Bertz CT molecular complexity index is 1500. The van der Waals surface area contributed by atoms with E-state index in [-0.39, 0.29) is 48.0 Å². The molecule has 2 aliphatic rings. The lowest BCUT2D eigenvalue weighted by Crippen LogP contribution is -2.61. The molecule has 4 rings (SSSR count). The zero-order chi connectivity index (χ0) is 33.6. The quantitative estimate of drug-likeness (QED) is 0.191. The van der Waals surface area contributed by atoms with E-state index in [2.05, 4.69) is 5.32 Å². The molecule has 12 nitrogen and oxygen atoms in total. The smallest absolute Gasteiger partial charge is 0.508 e. The van der Waals surface area contributed by atoms with Crippen LogP contribution in [0.3, 0.4) is 0 Å². The highest BCUT2D eigenvalue weighted by Crippen LogP contribution is 2.33. The van der Waals surface area contributed by atoms with Crippen molar-refractivity contribution >= 4 is 59.9 Å². The molecule has 0 saturated carbocycles. The van der Waals surface area contributed by atoms with Gasteiger partial charge in [-0.3, -0.25) is 19.2 Å². The molecule has 2 heterocycles. The summed E-state index contributed by atoms with van der Waals surface area (Å²) in [5.74, 6) is -5.77. The first-order valence-electron chi connectivity index (χ1n) is 14.8. The van der Waals surface area contributed by atoms with Crippen molar-refractivity contribution in [3.8, 4) is 11.5 Å². The van der Waals surface area contributed by atoms with Crippen LogP contribution in [-0.4, -0.2) is 71.7 Å². The molecule has 2 aromatic rings. The maximum absolute atomic E-state index is 14.0. The number of carbonyl (C=O) groups excluding carboxylic acids is 3. The van der Waals surface area contributed by atoms with Gasteiger partial charge in [0.25, 0.3) is 5.97 Å². The number of carboxylic acid groups (broad SMARTS) is 2. The lowest BCUT2D eigenvalue weighted by Gasteiger charge is -2.38. The van der Waals surface area contributed by atoms with Crippen LogP contribution in [0.5, 0.6) is 11.5 Å². The van der Waals surface area contributed by atoms with E-state index in [4.69, 9.17) is 42.0 Å². The van der Waals surface area contributed by atoms with Crippen LogP contribution in [0.4, 0.5) is 0 Å². The molecule has 1 fully saturated rings. The number of rotatable bonds is 14. The van der Waals surface area contributed by atoms with Crippen LogP contribution >= 0.6 is 23.2 Å². The standard InChI is InChI=1S/C31H34BCl2NO11/c1-17(2)11-26(32-45-28(39)16-31(46-32,30(41)42)15-27(37)38)35-29(40)19(4-7-23(36)21-14-20(33)5-6-22(21)34)12-18-3-8-24-25(13-18)44-10-9-43-24/h3,5-6,8,13-14,17,19,26H,4,7,9-12,15-16H2,1-2H3,(H,35,40)(H,37,38)(H,41,42)/t19-,26-,31?/m0/s1. The Labute approximate surface area is 275 Å². The molecule has 1 saturated heterocycles. The first-order valence-corrected chi connectivity index (χ1v) is 15.5. The summed E-state index contributed by atoms with van der Waals surface area (Å²) >= 11 is 12.3. The van der Waals surface area contributed by atoms with Gasteiger partial charge in [-0.1, -0.05) is 43.1 Å². The van der Waals surface area contributed by atoms with Gasteiger partial charge >= 0.3 is 19.1 Å². The molecule has 1 unspecified atom stereocenters. The van der Waals surface area contributed by atoms with E-state index in [1.165, 1.54) is 12.1 Å². The molecule has 3 atom stereocenters. The first-order chi connectivity index (χ1) is 21.8. The molecular weight excluding hydrogens is 644 g/mol. The Balaban J connectivity index is 1.60. The van der Waals surface area contributed by atoms with Crippen molar-refractivity contribution in [3.05, 3.63) is 57.6 Å². The average Bonchev–Trinajstić information content (AvgIpc) is 2.98. The molecule has 2 aliphatic heterocycles. The van der Waals surface area contributed by atoms with Gasteiger partial charge in [-0.15, -0.1) is 0 Å². The number of amides is 1. The lowest BCUT2D eigenvalue weighted by molar-refractivity contribution is -0.175. The molecule has 15 heteroatoms. The molecule has 0 spiro atoms. The molecule has 3 N–H and O–H groups in total. The molecule has 0 aromatic heterocycles. The summed E-state index contributed by atoms with van der Waals surface area (Å²) in [6, 6.07) is 9.81. The van der Waals surface area contributed by atoms with Gasteiger partial charge in [-0.25, -0.2) is 4.79 Å². The number of ketones is 1. The summed E-state index contributed by atoms with van der Waals surface area (Å²) in [5, 5.41) is 22.6. The minimum atomic E-state index is -2.38. The number of halogens is 2. The number of carboxylic acids is 2. The van der Waals surface area contributed by atoms with Crippen LogP contribution in [-0.2, 0) is 34.9 Å². The fourth-order valence-corrected chi connectivity index (χ4v) is 5.82. The Morgan fingerprint density at radius 3 is 2.41 bits per heavy atom. The number of benzene rings is 2. The van der Waals surface area contributed by atoms with Crippen LogP contribution in [0.15, 0.2) is 36.4 Å². The Kier molecular flexibility index (Phi) is 11.6. The van der Waals surface area contributed by atoms with Gasteiger partial charge in [0.2, 0.25) is 5.91 Å². The molecule has 46 heavy (non-hydrogen) atoms. The van der Waals surface area contributed by atoms with E-state index in [9.17, 15) is 34.2 Å². The minimum Gasteiger partial charge on any atom is -0.508 e. The third-order valence-electron chi connectivity index (χ3n) is 7.64. The zero-order valence-corrected chi connectivity index (χ0v) is 26.8. The normalized spacial score (nSPS) is 18.8. The van der Waals surface area contributed by atoms with Crippen molar-refractivity contribution in [2.45, 2.75) is 63.9 Å². The summed E-state index contributed by atoms with van der Waals surface area (Å²) in [6.45, 7) is 4.45. The van der Waals surface area contributed by atoms with Crippen molar-refractivity contribution in [1.29, 1.82) is 0 Å². The van der Waals surface area contributed by atoms with Gasteiger partial charge in [0.1, 0.15) is 13.2 Å². The number of hydrogen-bond acceptors (Lipinski definition) is 9. The van der Waals surface area contributed by atoms with Crippen LogP contribution < -0.4 is 14.8 Å². The lowest BCUT2D eigenvalue weighted by atomic mass is 9.70. The van der Waals surface area contributed by atoms with Crippen molar-refractivity contribution < 1.29 is 53.0 Å². The average molecular weight is 678 g/mol. The predicted molar refractivity (Wildman–Crippen MR) is 166 cm³/mol. The summed E-state index contributed by atoms with van der Waals surface area (Å²) in [7, 11) is -1.58. The zero-order valence-electron chi connectivity index (χ0n) is 25.3. The van der Waals surface area contributed by atoms with E-state index in [1.807, 2.05) is 13.8 Å². The molecule has 2 aromatic carbocycles. The Hall–Kier alpha value is -3.81. The predicted octanol–water partition coefficient (Wildman–Crippen LogP) is 4.41. The summed E-state index contributed by atoms with van der Waals surface area (Å²) in [5.41, 5.74) is -1.43. The fourth-order valence-electron chi connectivity index (χ4n) is 5.43. The Morgan fingerprint density at radius 1 is 1.02 bits per heavy atom. The Morgan fingerprint density at radius 2 is 1.74 bits per heavy atom. The number of carbonyl (C=O) groups is 5. The second-order valence-corrected chi connectivity index (χ2v) is 12.6. The monoisotopic (exact) mass is 677 g/mol. The van der Waals surface area contributed by atoms with Crippen LogP contribution in [0.2, 0.25) is 10.0 Å². The van der Waals surface area contributed by atoms with Crippen molar-refractivity contribution in [3.63, 3.8) is 0 Å². The van der Waals surface area contributed by atoms with E-state index in [0.29, 0.717) is 29.7 Å². The molecule has 0 aliphatic carbocycles. The summed E-state index contributed by atoms with van der Waals surface area (Å²) < 4.78 is 22.3. The molecule has 0 bridgehead atoms. The SMILES string of the molecule is CC(C)C[C@H](NC(=O)[C@@H](CCC(=O)c1cc(Cl)ccc1Cl)Cc1ccc2c(c1)OCCO2)B1OC(=O)CC(CC(=O)O)(C(=O)O)O1. The van der Waals surface area contributed by atoms with Gasteiger partial charge < -0.3 is 34.3 Å². The van der Waals surface area contributed by atoms with E-state index in [1.54, 1.807) is 24.3 Å². The summed E-state index contributed by atoms with van der Waals surface area (Å²) in [6.07, 6.45) is -1.41. The van der Waals surface area contributed by atoms with Crippen molar-refractivity contribution in [2.75, 3.05) is 13.2 Å². The van der Waals surface area contributed by atoms with E-state index in [0.717, 1.165) is 5.56 Å². The maximum atomic E-state index is 14.0. The molecule has 246 valence electrons. The topological polar surface area (TPSA) is 175 Å². The second-order valence-electron chi connectivity index (χ2n) is 11.7. The van der Waals surface area contributed by atoms with Gasteiger partial charge in [0.05, 0.1) is 23.8 Å². The maximum Gasteiger partial charge on any atom is 0.552 e. The number of aliphatic carboxylic acids is 2. The van der Waals surface area contributed by atoms with E-state index < -0.39 is 61.2 Å². The first kappa shape index (κ1) is 35.1. The highest BCUT2D eigenvalue weighted by molar-refractivity contribution is 6.50. The fraction of sp³-hybridized carbons (Fsp3) is 0.452.